The molecule has 0 aliphatic carbocycles. The minimum atomic E-state index is -0.732. The predicted octanol–water partition coefficient (Wildman–Crippen LogP) is 3.27. The van der Waals surface area contributed by atoms with Gasteiger partial charge in [0, 0.05) is 22.0 Å². The maximum absolute atomic E-state index is 10.6. The topological polar surface area (TPSA) is 59.1 Å². The normalized spacial score (nSPS) is 12.7. The Balaban J connectivity index is 2.16. The lowest BCUT2D eigenvalue weighted by atomic mass is 9.98. The van der Waals surface area contributed by atoms with Gasteiger partial charge in [-0.1, -0.05) is 18.2 Å². The number of rotatable bonds is 2. The zero-order chi connectivity index (χ0) is 13.4. The summed E-state index contributed by atoms with van der Waals surface area (Å²) in [5.41, 5.74) is 8.45. The Labute approximate surface area is 115 Å². The van der Waals surface area contributed by atoms with Crippen LogP contribution in [0.1, 0.15) is 22.8 Å². The molecule has 0 amide bonds. The van der Waals surface area contributed by atoms with E-state index in [9.17, 15) is 5.11 Å². The van der Waals surface area contributed by atoms with Crippen molar-refractivity contribution in [2.24, 2.45) is 0 Å². The van der Waals surface area contributed by atoms with Crippen LogP contribution in [-0.2, 0) is 0 Å². The largest absolute Gasteiger partial charge is 0.383 e. The van der Waals surface area contributed by atoms with Crippen LogP contribution in [0, 0.1) is 6.92 Å². The van der Waals surface area contributed by atoms with E-state index in [0.717, 1.165) is 21.2 Å². The van der Waals surface area contributed by atoms with Gasteiger partial charge >= 0.3 is 0 Å². The van der Waals surface area contributed by atoms with Gasteiger partial charge in [-0.25, -0.2) is 4.98 Å². The summed E-state index contributed by atoms with van der Waals surface area (Å²) in [5, 5.41) is 13.7. The molecule has 0 radical (unpaired) electrons. The summed E-state index contributed by atoms with van der Waals surface area (Å²) in [4.78, 5) is 4.07. The Morgan fingerprint density at radius 3 is 2.84 bits per heavy atom. The van der Waals surface area contributed by atoms with Crippen molar-refractivity contribution in [3.8, 4) is 0 Å². The second kappa shape index (κ2) is 4.64. The first kappa shape index (κ1) is 12.1. The van der Waals surface area contributed by atoms with Crippen LogP contribution in [0.15, 0.2) is 41.9 Å². The first-order chi connectivity index (χ1) is 9.18. The van der Waals surface area contributed by atoms with E-state index in [1.165, 1.54) is 0 Å². The number of aromatic nitrogens is 1. The molecule has 0 fully saturated rings. The van der Waals surface area contributed by atoms with E-state index in [2.05, 4.69) is 11.1 Å². The molecular formula is C15H14N2OS. The number of nitrogens with two attached hydrogens (primary N) is 1. The second-order valence-electron chi connectivity index (χ2n) is 4.52. The molecule has 96 valence electrons. The van der Waals surface area contributed by atoms with Crippen LogP contribution < -0.4 is 5.73 Å². The van der Waals surface area contributed by atoms with Crippen molar-refractivity contribution >= 4 is 27.2 Å². The summed E-state index contributed by atoms with van der Waals surface area (Å²) in [5.74, 6) is 0.391. The lowest BCUT2D eigenvalue weighted by Crippen LogP contribution is -2.07. The molecule has 4 heteroatoms. The van der Waals surface area contributed by atoms with Crippen molar-refractivity contribution in [3.05, 3.63) is 58.6 Å². The summed E-state index contributed by atoms with van der Waals surface area (Å²) in [6.45, 7) is 1.94. The molecule has 0 saturated heterocycles. The van der Waals surface area contributed by atoms with E-state index < -0.39 is 6.10 Å². The summed E-state index contributed by atoms with van der Waals surface area (Å²) >= 11 is 1.63. The number of hydrogen-bond acceptors (Lipinski definition) is 4. The number of aliphatic hydroxyl groups is 1. The van der Waals surface area contributed by atoms with E-state index in [1.54, 1.807) is 17.5 Å². The number of hydrogen-bond donors (Lipinski definition) is 2. The minimum Gasteiger partial charge on any atom is -0.383 e. The number of nitrogen functional groups attached to an aromatic ring is 1. The predicted molar refractivity (Wildman–Crippen MR) is 79.3 cm³/mol. The molecular weight excluding hydrogens is 256 g/mol. The number of nitrogens with zero attached hydrogens (tertiary/aromatic N) is 1. The summed E-state index contributed by atoms with van der Waals surface area (Å²) in [6.07, 6.45) is 0.928. The highest BCUT2D eigenvalue weighted by Crippen LogP contribution is 2.35. The van der Waals surface area contributed by atoms with E-state index in [4.69, 9.17) is 5.73 Å². The molecule has 1 aromatic carbocycles. The average Bonchev–Trinajstić information content (AvgIpc) is 2.82. The first-order valence-electron chi connectivity index (χ1n) is 6.03. The number of aryl methyl sites for hydroxylation is 1. The zero-order valence-corrected chi connectivity index (χ0v) is 11.3. The number of pyridine rings is 1. The standard InChI is InChI=1S/C15H14N2OS/c1-9-6-7-17-15(16)13(9)14(18)11-8-19-12-5-3-2-4-10(11)12/h2-8,14,18H,1H3,(H2,16,17). The van der Waals surface area contributed by atoms with Gasteiger partial charge < -0.3 is 10.8 Å². The molecule has 0 spiro atoms. The Kier molecular flexibility index (Phi) is 2.97. The molecule has 2 heterocycles. The molecule has 0 bridgehead atoms. The number of fused-ring (bicyclic) bond motifs is 1. The van der Waals surface area contributed by atoms with Gasteiger partial charge in [0.2, 0.25) is 0 Å². The Hall–Kier alpha value is -1.91. The fourth-order valence-corrected chi connectivity index (χ4v) is 3.29. The van der Waals surface area contributed by atoms with Gasteiger partial charge in [-0.15, -0.1) is 11.3 Å². The molecule has 19 heavy (non-hydrogen) atoms. The lowest BCUT2D eigenvalue weighted by Gasteiger charge is -2.15. The molecule has 2 aromatic heterocycles. The van der Waals surface area contributed by atoms with Gasteiger partial charge in [0.1, 0.15) is 11.9 Å². The first-order valence-corrected chi connectivity index (χ1v) is 6.91. The Morgan fingerprint density at radius 2 is 2.05 bits per heavy atom. The van der Waals surface area contributed by atoms with E-state index >= 15 is 0 Å². The molecule has 3 nitrogen and oxygen atoms in total. The highest BCUT2D eigenvalue weighted by molar-refractivity contribution is 7.17. The number of aliphatic hydroxyl groups excluding tert-OH is 1. The molecule has 3 rings (SSSR count). The van der Waals surface area contributed by atoms with Crippen LogP contribution in [0.5, 0.6) is 0 Å². The maximum Gasteiger partial charge on any atom is 0.129 e. The van der Waals surface area contributed by atoms with Crippen LogP contribution in [0.3, 0.4) is 0 Å². The third-order valence-corrected chi connectivity index (χ3v) is 4.30. The lowest BCUT2D eigenvalue weighted by molar-refractivity contribution is 0.222. The SMILES string of the molecule is Cc1ccnc(N)c1C(O)c1csc2ccccc12. The van der Waals surface area contributed by atoms with Crippen LogP contribution >= 0.6 is 11.3 Å². The summed E-state index contributed by atoms with van der Waals surface area (Å²) in [6, 6.07) is 9.91. The molecule has 1 unspecified atom stereocenters. The number of anilines is 1. The molecule has 0 saturated carbocycles. The van der Waals surface area contributed by atoms with Crippen molar-refractivity contribution < 1.29 is 5.11 Å². The smallest absolute Gasteiger partial charge is 0.129 e. The van der Waals surface area contributed by atoms with Gasteiger partial charge in [0.15, 0.2) is 0 Å². The van der Waals surface area contributed by atoms with Crippen LogP contribution in [0.4, 0.5) is 5.82 Å². The highest BCUT2D eigenvalue weighted by Gasteiger charge is 2.19. The highest BCUT2D eigenvalue weighted by atomic mass is 32.1. The van der Waals surface area contributed by atoms with E-state index in [1.807, 2.05) is 36.6 Å². The molecule has 3 N–H and O–H groups in total. The quantitative estimate of drug-likeness (QED) is 0.751. The van der Waals surface area contributed by atoms with Crippen molar-refractivity contribution in [1.82, 2.24) is 4.98 Å². The third kappa shape index (κ3) is 1.99. The van der Waals surface area contributed by atoms with E-state index in [0.29, 0.717) is 11.4 Å². The zero-order valence-electron chi connectivity index (χ0n) is 10.5. The monoisotopic (exact) mass is 270 g/mol. The molecule has 3 aromatic rings. The van der Waals surface area contributed by atoms with Crippen molar-refractivity contribution in [2.45, 2.75) is 13.0 Å². The molecule has 1 atom stereocenters. The Bertz CT molecular complexity index is 716. The minimum absolute atomic E-state index is 0.391. The van der Waals surface area contributed by atoms with Gasteiger partial charge in [0.25, 0.3) is 0 Å². The fourth-order valence-electron chi connectivity index (χ4n) is 2.31. The van der Waals surface area contributed by atoms with Crippen molar-refractivity contribution in [2.75, 3.05) is 5.73 Å². The summed E-state index contributed by atoms with van der Waals surface area (Å²) < 4.78 is 1.16. The van der Waals surface area contributed by atoms with Crippen LogP contribution in [-0.4, -0.2) is 10.1 Å². The van der Waals surface area contributed by atoms with E-state index in [-0.39, 0.29) is 0 Å². The van der Waals surface area contributed by atoms with Gasteiger partial charge in [-0.3, -0.25) is 0 Å². The number of benzene rings is 1. The van der Waals surface area contributed by atoms with Gasteiger partial charge in [-0.2, -0.15) is 0 Å². The maximum atomic E-state index is 10.6. The van der Waals surface area contributed by atoms with Crippen LogP contribution in [0.25, 0.3) is 10.1 Å². The molecule has 0 aliphatic heterocycles. The van der Waals surface area contributed by atoms with Crippen LogP contribution in [0.2, 0.25) is 0 Å². The summed E-state index contributed by atoms with van der Waals surface area (Å²) in [7, 11) is 0. The second-order valence-corrected chi connectivity index (χ2v) is 5.43. The average molecular weight is 270 g/mol. The molecule has 0 aliphatic rings. The Morgan fingerprint density at radius 1 is 1.26 bits per heavy atom. The third-order valence-electron chi connectivity index (χ3n) is 3.32. The van der Waals surface area contributed by atoms with Gasteiger partial charge in [0.05, 0.1) is 0 Å². The van der Waals surface area contributed by atoms with Gasteiger partial charge in [-0.05, 0) is 35.4 Å². The fraction of sp³-hybridized carbons (Fsp3) is 0.133. The van der Waals surface area contributed by atoms with Crippen molar-refractivity contribution in [3.63, 3.8) is 0 Å². The number of thiophene rings is 1. The van der Waals surface area contributed by atoms with Crippen molar-refractivity contribution in [1.29, 1.82) is 0 Å².